The number of aliphatic hydroxyl groups excluding tert-OH is 3. The molecule has 0 radical (unpaired) electrons. The number of hydrogen-bond acceptors (Lipinski definition) is 17. The summed E-state index contributed by atoms with van der Waals surface area (Å²) in [5.41, 5.74) is 0. The molecule has 0 bridgehead atoms. The molecule has 182 valence electrons. The molecule has 0 aliphatic rings. The first kappa shape index (κ1) is 29.3. The summed E-state index contributed by atoms with van der Waals surface area (Å²) < 4.78 is 132. The minimum Gasteiger partial charge on any atom is -0.366 e. The van der Waals surface area contributed by atoms with E-state index < -0.39 is 72.2 Å². The van der Waals surface area contributed by atoms with Crippen LogP contribution in [0.5, 0.6) is 0 Å². The van der Waals surface area contributed by atoms with Gasteiger partial charge in [-0.15, -0.1) is 0 Å². The van der Waals surface area contributed by atoms with E-state index in [9.17, 15) is 54.1 Å². The van der Waals surface area contributed by atoms with E-state index in [1.54, 1.807) is 0 Å². The van der Waals surface area contributed by atoms with Crippen LogP contribution in [0.4, 0.5) is 0 Å². The van der Waals surface area contributed by atoms with Gasteiger partial charge in [-0.05, 0) is 0 Å². The van der Waals surface area contributed by atoms with E-state index in [4.69, 9.17) is 18.2 Å². The van der Waals surface area contributed by atoms with E-state index in [0.29, 0.717) is 0 Å². The van der Waals surface area contributed by atoms with Crippen molar-refractivity contribution in [3.05, 3.63) is 0 Å². The molecule has 0 spiro atoms. The van der Waals surface area contributed by atoms with Crippen molar-refractivity contribution < 1.29 is 94.1 Å². The molecule has 0 fully saturated rings. The summed E-state index contributed by atoms with van der Waals surface area (Å²) in [6, 6.07) is 0. The topological polar surface area (TPSA) is 345 Å². The fourth-order valence-electron chi connectivity index (χ4n) is 1.50. The molecule has 0 aliphatic carbocycles. The van der Waals surface area contributed by atoms with Gasteiger partial charge in [0.15, 0.2) is 12.6 Å². The minimum absolute atomic E-state index is 3.04. The van der Waals surface area contributed by atoms with E-state index in [1.165, 1.54) is 0 Å². The molecule has 0 saturated heterocycles. The molecule has 30 heavy (non-hydrogen) atoms. The molecule has 0 aromatic rings. The average Bonchev–Trinajstić information content (AvgIpc) is 2.37. The standard InChI is InChI=1S/C5H12O21S4/c6-2(23-27(10,11)12)1(3(7)24-28(13,14)15)5(9,25-29(16,17)18)4(8)22-26-30(19,20)21/h1-4,6-9H,(H,10,11,12)(H,13,14,15)(H,16,17,18)(H,19,20,21). The molecular formula is C5H12O21S4. The summed E-state index contributed by atoms with van der Waals surface area (Å²) in [5, 5.41) is 38.7. The Labute approximate surface area is 166 Å². The van der Waals surface area contributed by atoms with Crippen LogP contribution in [0, 0.1) is 5.92 Å². The maximum Gasteiger partial charge on any atom is 0.424 e. The van der Waals surface area contributed by atoms with Crippen LogP contribution in [0.3, 0.4) is 0 Å². The largest absolute Gasteiger partial charge is 0.424 e. The minimum atomic E-state index is -6.09. The molecule has 0 aromatic carbocycles. The Morgan fingerprint density at radius 2 is 1.00 bits per heavy atom. The first-order valence-electron chi connectivity index (χ1n) is 6.05. The third kappa shape index (κ3) is 11.1. The Hall–Kier alpha value is -0.720. The highest BCUT2D eigenvalue weighted by Crippen LogP contribution is 2.34. The van der Waals surface area contributed by atoms with Crippen molar-refractivity contribution in [2.24, 2.45) is 5.92 Å². The molecular weight excluding hydrogens is 524 g/mol. The van der Waals surface area contributed by atoms with Crippen molar-refractivity contribution in [1.29, 1.82) is 0 Å². The van der Waals surface area contributed by atoms with Crippen LogP contribution in [-0.4, -0.2) is 97.0 Å². The molecule has 4 atom stereocenters. The van der Waals surface area contributed by atoms with Crippen LogP contribution in [0.25, 0.3) is 0 Å². The Balaban J connectivity index is 6.53. The third-order valence-corrected chi connectivity index (χ3v) is 3.95. The molecule has 0 rings (SSSR count). The SMILES string of the molecule is O=S(=O)(O)OOC(O)C(O)(OS(=O)(=O)O)C(C(O)OS(=O)(=O)O)C(O)OS(=O)(=O)O. The fourth-order valence-corrected chi connectivity index (χ4v) is 2.95. The van der Waals surface area contributed by atoms with Crippen LogP contribution >= 0.6 is 0 Å². The van der Waals surface area contributed by atoms with E-state index in [1.807, 2.05) is 0 Å². The third-order valence-electron chi connectivity index (χ3n) is 2.34. The van der Waals surface area contributed by atoms with Crippen molar-refractivity contribution in [3.8, 4) is 0 Å². The van der Waals surface area contributed by atoms with E-state index in [-0.39, 0.29) is 0 Å². The summed E-state index contributed by atoms with van der Waals surface area (Å²) in [6.07, 6.45) is -11.0. The second kappa shape index (κ2) is 9.83. The summed E-state index contributed by atoms with van der Waals surface area (Å²) in [5.74, 6) is -8.24. The van der Waals surface area contributed by atoms with Gasteiger partial charge in [0.2, 0.25) is 6.29 Å². The lowest BCUT2D eigenvalue weighted by molar-refractivity contribution is -0.417. The Morgan fingerprint density at radius 3 is 1.27 bits per heavy atom. The van der Waals surface area contributed by atoms with Gasteiger partial charge in [-0.1, -0.05) is 4.33 Å². The molecule has 4 unspecified atom stereocenters. The Kier molecular flexibility index (Phi) is 9.59. The van der Waals surface area contributed by atoms with Gasteiger partial charge in [0.1, 0.15) is 5.92 Å². The predicted molar refractivity (Wildman–Crippen MR) is 78.1 cm³/mol. The first-order chi connectivity index (χ1) is 13.0. The van der Waals surface area contributed by atoms with Gasteiger partial charge in [-0.2, -0.15) is 38.6 Å². The van der Waals surface area contributed by atoms with Crippen molar-refractivity contribution in [3.63, 3.8) is 0 Å². The lowest BCUT2D eigenvalue weighted by atomic mass is 9.96. The van der Waals surface area contributed by atoms with Crippen molar-refractivity contribution in [1.82, 2.24) is 0 Å². The molecule has 0 aliphatic heterocycles. The van der Waals surface area contributed by atoms with Gasteiger partial charge >= 0.3 is 41.6 Å². The van der Waals surface area contributed by atoms with Crippen molar-refractivity contribution in [2.75, 3.05) is 0 Å². The highest BCUT2D eigenvalue weighted by Gasteiger charge is 2.58. The summed E-state index contributed by atoms with van der Waals surface area (Å²) in [6.45, 7) is 0. The highest BCUT2D eigenvalue weighted by atomic mass is 32.3. The van der Waals surface area contributed by atoms with Crippen LogP contribution in [0.15, 0.2) is 0 Å². The molecule has 0 amide bonds. The second-order valence-corrected chi connectivity index (χ2v) is 8.67. The average molecular weight is 536 g/mol. The normalized spacial score (nSPS) is 20.1. The quantitative estimate of drug-likeness (QED) is 0.0470. The van der Waals surface area contributed by atoms with Crippen LogP contribution in [0.1, 0.15) is 0 Å². The van der Waals surface area contributed by atoms with Gasteiger partial charge in [0, 0.05) is 0 Å². The lowest BCUT2D eigenvalue weighted by Gasteiger charge is -2.38. The van der Waals surface area contributed by atoms with E-state index >= 15 is 0 Å². The molecule has 0 saturated carbocycles. The zero-order chi connectivity index (χ0) is 24.3. The van der Waals surface area contributed by atoms with Gasteiger partial charge < -0.3 is 20.4 Å². The zero-order valence-corrected chi connectivity index (χ0v) is 16.6. The maximum atomic E-state index is 10.9. The molecule has 0 heterocycles. The van der Waals surface area contributed by atoms with Crippen LogP contribution in [0.2, 0.25) is 0 Å². The van der Waals surface area contributed by atoms with Gasteiger partial charge in [-0.3, -0.25) is 18.2 Å². The Morgan fingerprint density at radius 1 is 0.633 bits per heavy atom. The van der Waals surface area contributed by atoms with Gasteiger partial charge in [-0.25, -0.2) is 12.5 Å². The predicted octanol–water partition coefficient (Wildman–Crippen LogP) is -5.54. The van der Waals surface area contributed by atoms with Crippen LogP contribution in [-0.2, 0) is 63.4 Å². The lowest BCUT2D eigenvalue weighted by Crippen LogP contribution is -2.61. The molecule has 0 aromatic heterocycles. The number of rotatable bonds is 13. The highest BCUT2D eigenvalue weighted by molar-refractivity contribution is 7.81. The maximum absolute atomic E-state index is 10.9. The smallest absolute Gasteiger partial charge is 0.366 e. The monoisotopic (exact) mass is 536 g/mol. The van der Waals surface area contributed by atoms with Gasteiger partial charge in [0.25, 0.3) is 5.79 Å². The Bertz CT molecular complexity index is 950. The van der Waals surface area contributed by atoms with Crippen molar-refractivity contribution in [2.45, 2.75) is 24.7 Å². The van der Waals surface area contributed by atoms with E-state index in [0.717, 1.165) is 0 Å². The second-order valence-electron chi connectivity index (χ2n) is 4.56. The number of aliphatic hydroxyl groups is 4. The van der Waals surface area contributed by atoms with Gasteiger partial charge in [0.05, 0.1) is 0 Å². The summed E-state index contributed by atoms with van der Waals surface area (Å²) >= 11 is 0. The number of hydrogen-bond donors (Lipinski definition) is 8. The zero-order valence-electron chi connectivity index (χ0n) is 13.3. The molecule has 21 nitrogen and oxygen atoms in total. The summed E-state index contributed by atoms with van der Waals surface area (Å²) in [4.78, 5) is 3.37. The van der Waals surface area contributed by atoms with E-state index in [2.05, 4.69) is 21.8 Å². The van der Waals surface area contributed by atoms with Crippen LogP contribution < -0.4 is 0 Å². The fraction of sp³-hybridized carbons (Fsp3) is 1.00. The first-order valence-corrected chi connectivity index (χ1v) is 11.5. The summed E-state index contributed by atoms with van der Waals surface area (Å²) in [7, 11) is -23.4. The molecule has 25 heteroatoms. The molecule has 8 N–H and O–H groups in total. The van der Waals surface area contributed by atoms with Crippen molar-refractivity contribution >= 4 is 41.6 Å².